The summed E-state index contributed by atoms with van der Waals surface area (Å²) in [4.78, 5) is 10.1. The minimum atomic E-state index is -0.130. The van der Waals surface area contributed by atoms with E-state index in [1.807, 2.05) is 13.8 Å². The van der Waals surface area contributed by atoms with Crippen LogP contribution in [0.15, 0.2) is 0 Å². The molecule has 0 radical (unpaired) electrons. The van der Waals surface area contributed by atoms with Crippen molar-refractivity contribution in [1.82, 2.24) is 5.23 Å². The Balaban J connectivity index is 2.44. The smallest absolute Gasteiger partial charge is 0.112 e. The monoisotopic (exact) mass is 117 g/mol. The number of rotatable bonds is 0. The summed E-state index contributed by atoms with van der Waals surface area (Å²) in [7, 11) is 1.74. The minimum Gasteiger partial charge on any atom is -0.271 e. The average molecular weight is 117 g/mol. The van der Waals surface area contributed by atoms with Crippen LogP contribution in [0.3, 0.4) is 0 Å². The van der Waals surface area contributed by atoms with Gasteiger partial charge in [0.05, 0.1) is 0 Å². The molecule has 0 bridgehead atoms. The van der Waals surface area contributed by atoms with Gasteiger partial charge >= 0.3 is 0 Å². The van der Waals surface area contributed by atoms with E-state index >= 15 is 0 Å². The maximum atomic E-state index is 5.16. The fourth-order valence-electron chi connectivity index (χ4n) is 0.647. The van der Waals surface area contributed by atoms with E-state index in [4.69, 9.17) is 9.68 Å². The molecule has 48 valence electrons. The van der Waals surface area contributed by atoms with Crippen LogP contribution in [0.1, 0.15) is 13.8 Å². The second-order valence-corrected chi connectivity index (χ2v) is 2.56. The van der Waals surface area contributed by atoms with Gasteiger partial charge < -0.3 is 0 Å². The van der Waals surface area contributed by atoms with Gasteiger partial charge in [0, 0.05) is 7.05 Å². The largest absolute Gasteiger partial charge is 0.271 e. The van der Waals surface area contributed by atoms with Gasteiger partial charge in [-0.3, -0.25) is 9.68 Å². The van der Waals surface area contributed by atoms with Crippen molar-refractivity contribution in [3.05, 3.63) is 0 Å². The van der Waals surface area contributed by atoms with E-state index in [-0.39, 0.29) is 5.60 Å². The summed E-state index contributed by atoms with van der Waals surface area (Å²) in [5.41, 5.74) is -0.130. The van der Waals surface area contributed by atoms with Gasteiger partial charge in [-0.05, 0) is 13.8 Å². The standard InChI is InChI=1S/C5H11NO2/c1-5(2)4-7-6(3)8-5/h4H2,1-3H3. The highest BCUT2D eigenvalue weighted by atomic mass is 17.0. The molecule has 8 heavy (non-hydrogen) atoms. The van der Waals surface area contributed by atoms with Gasteiger partial charge in [0.15, 0.2) is 0 Å². The molecule has 1 heterocycles. The first-order valence-corrected chi connectivity index (χ1v) is 2.66. The Bertz CT molecular complexity index is 92.4. The summed E-state index contributed by atoms with van der Waals surface area (Å²) in [5, 5.41) is 1.39. The zero-order valence-corrected chi connectivity index (χ0v) is 5.47. The van der Waals surface area contributed by atoms with Crippen LogP contribution < -0.4 is 0 Å². The van der Waals surface area contributed by atoms with Gasteiger partial charge in [-0.25, -0.2) is 0 Å². The molecule has 0 spiro atoms. The van der Waals surface area contributed by atoms with Crippen molar-refractivity contribution < 1.29 is 9.68 Å². The Morgan fingerprint density at radius 1 is 1.50 bits per heavy atom. The van der Waals surface area contributed by atoms with E-state index in [9.17, 15) is 0 Å². The maximum absolute atomic E-state index is 5.16. The molecule has 1 saturated heterocycles. The molecular weight excluding hydrogens is 106 g/mol. The molecule has 0 N–H and O–H groups in total. The van der Waals surface area contributed by atoms with Crippen molar-refractivity contribution in [2.75, 3.05) is 13.7 Å². The molecule has 1 fully saturated rings. The van der Waals surface area contributed by atoms with E-state index in [0.717, 1.165) is 0 Å². The second-order valence-electron chi connectivity index (χ2n) is 2.56. The zero-order valence-electron chi connectivity index (χ0n) is 5.47. The summed E-state index contributed by atoms with van der Waals surface area (Å²) in [6, 6.07) is 0. The van der Waals surface area contributed by atoms with E-state index < -0.39 is 0 Å². The predicted molar refractivity (Wildman–Crippen MR) is 28.9 cm³/mol. The van der Waals surface area contributed by atoms with Crippen LogP contribution in [0, 0.1) is 0 Å². The summed E-state index contributed by atoms with van der Waals surface area (Å²) in [6.45, 7) is 4.61. The molecule has 0 aromatic carbocycles. The van der Waals surface area contributed by atoms with Gasteiger partial charge in [-0.2, -0.15) is 0 Å². The van der Waals surface area contributed by atoms with Crippen molar-refractivity contribution in [2.24, 2.45) is 0 Å². The number of hydroxylamine groups is 2. The molecule has 0 amide bonds. The van der Waals surface area contributed by atoms with E-state index in [1.165, 1.54) is 5.23 Å². The first-order chi connectivity index (χ1) is 3.60. The van der Waals surface area contributed by atoms with E-state index in [1.54, 1.807) is 7.05 Å². The van der Waals surface area contributed by atoms with Crippen LogP contribution in [-0.2, 0) is 9.68 Å². The molecule has 0 aliphatic carbocycles. The van der Waals surface area contributed by atoms with Crippen molar-refractivity contribution in [3.8, 4) is 0 Å². The molecule has 0 aromatic heterocycles. The molecule has 1 rings (SSSR count). The number of hydrogen-bond acceptors (Lipinski definition) is 3. The van der Waals surface area contributed by atoms with Crippen molar-refractivity contribution in [2.45, 2.75) is 19.4 Å². The first-order valence-electron chi connectivity index (χ1n) is 2.66. The minimum absolute atomic E-state index is 0.130. The Hall–Kier alpha value is -0.120. The highest BCUT2D eigenvalue weighted by Gasteiger charge is 2.29. The van der Waals surface area contributed by atoms with Gasteiger partial charge in [0.2, 0.25) is 0 Å². The zero-order chi connectivity index (χ0) is 6.20. The van der Waals surface area contributed by atoms with Crippen LogP contribution in [0.25, 0.3) is 0 Å². The average Bonchev–Trinajstić information content (AvgIpc) is 1.82. The molecule has 0 atom stereocenters. The molecule has 3 nitrogen and oxygen atoms in total. The van der Waals surface area contributed by atoms with E-state index in [2.05, 4.69) is 0 Å². The van der Waals surface area contributed by atoms with Crippen LogP contribution in [-0.4, -0.2) is 24.5 Å². The summed E-state index contributed by atoms with van der Waals surface area (Å²) in [5.74, 6) is 0. The molecule has 0 aromatic rings. The molecule has 0 unspecified atom stereocenters. The molecule has 1 aliphatic heterocycles. The quantitative estimate of drug-likeness (QED) is 0.463. The SMILES string of the molecule is CN1OCC(C)(C)O1. The van der Waals surface area contributed by atoms with Crippen molar-refractivity contribution in [3.63, 3.8) is 0 Å². The highest BCUT2D eigenvalue weighted by molar-refractivity contribution is 4.67. The van der Waals surface area contributed by atoms with Crippen LogP contribution in [0.4, 0.5) is 0 Å². The summed E-state index contributed by atoms with van der Waals surface area (Å²) in [6.07, 6.45) is 0. The maximum Gasteiger partial charge on any atom is 0.112 e. The Morgan fingerprint density at radius 3 is 2.25 bits per heavy atom. The number of hydrogen-bond donors (Lipinski definition) is 0. The van der Waals surface area contributed by atoms with Crippen molar-refractivity contribution >= 4 is 0 Å². The van der Waals surface area contributed by atoms with Crippen LogP contribution >= 0.6 is 0 Å². The second kappa shape index (κ2) is 1.69. The third-order valence-electron chi connectivity index (χ3n) is 0.970. The lowest BCUT2D eigenvalue weighted by Crippen LogP contribution is -2.23. The first kappa shape index (κ1) is 6.01. The predicted octanol–water partition coefficient (Wildman–Crippen LogP) is 0.574. The van der Waals surface area contributed by atoms with Gasteiger partial charge in [-0.1, -0.05) is 5.23 Å². The fraction of sp³-hybridized carbons (Fsp3) is 1.00. The normalized spacial score (nSPS) is 28.9. The molecule has 1 aliphatic rings. The lowest BCUT2D eigenvalue weighted by atomic mass is 10.2. The van der Waals surface area contributed by atoms with Crippen molar-refractivity contribution in [1.29, 1.82) is 0 Å². The third-order valence-corrected chi connectivity index (χ3v) is 0.970. The molecular formula is C5H11NO2. The van der Waals surface area contributed by atoms with Crippen LogP contribution in [0.5, 0.6) is 0 Å². The Morgan fingerprint density at radius 2 is 2.12 bits per heavy atom. The Kier molecular flexibility index (Phi) is 1.27. The van der Waals surface area contributed by atoms with Crippen LogP contribution in [0.2, 0.25) is 0 Å². The lowest BCUT2D eigenvalue weighted by molar-refractivity contribution is -0.300. The fourth-order valence-corrected chi connectivity index (χ4v) is 0.647. The third kappa shape index (κ3) is 1.18. The summed E-state index contributed by atoms with van der Waals surface area (Å²) < 4.78 is 0. The highest BCUT2D eigenvalue weighted by Crippen LogP contribution is 2.18. The molecule has 0 saturated carbocycles. The van der Waals surface area contributed by atoms with E-state index in [0.29, 0.717) is 6.61 Å². The molecule has 3 heteroatoms. The number of nitrogens with zero attached hydrogens (tertiary/aromatic N) is 1. The van der Waals surface area contributed by atoms with Gasteiger partial charge in [0.1, 0.15) is 12.2 Å². The van der Waals surface area contributed by atoms with Gasteiger partial charge in [0.25, 0.3) is 0 Å². The van der Waals surface area contributed by atoms with Gasteiger partial charge in [-0.15, -0.1) is 0 Å². The Labute approximate surface area is 49.1 Å². The lowest BCUT2D eigenvalue weighted by Gasteiger charge is -2.12. The summed E-state index contributed by atoms with van der Waals surface area (Å²) >= 11 is 0. The topological polar surface area (TPSA) is 21.7 Å².